The Bertz CT molecular complexity index is 853. The second-order valence-electron chi connectivity index (χ2n) is 7.26. The van der Waals surface area contributed by atoms with Gasteiger partial charge in [0.2, 0.25) is 11.8 Å². The number of rotatable bonds is 9. The molecule has 2 aromatic rings. The van der Waals surface area contributed by atoms with Gasteiger partial charge in [-0.05, 0) is 29.2 Å². The van der Waals surface area contributed by atoms with E-state index in [9.17, 15) is 19.5 Å². The van der Waals surface area contributed by atoms with Gasteiger partial charge in [-0.15, -0.1) is 0 Å². The van der Waals surface area contributed by atoms with Gasteiger partial charge >= 0.3 is 6.09 Å². The summed E-state index contributed by atoms with van der Waals surface area (Å²) < 4.78 is 5.17. The molecule has 2 rings (SSSR count). The van der Waals surface area contributed by atoms with E-state index in [2.05, 4.69) is 10.6 Å². The first kappa shape index (κ1) is 22.7. The van der Waals surface area contributed by atoms with E-state index in [4.69, 9.17) is 10.5 Å². The van der Waals surface area contributed by atoms with Crippen LogP contribution in [0.5, 0.6) is 5.75 Å². The largest absolute Gasteiger partial charge is 0.508 e. The maximum Gasteiger partial charge on any atom is 0.408 e. The van der Waals surface area contributed by atoms with Gasteiger partial charge in [0.1, 0.15) is 24.4 Å². The van der Waals surface area contributed by atoms with Gasteiger partial charge in [-0.25, -0.2) is 4.79 Å². The van der Waals surface area contributed by atoms with Gasteiger partial charge in [-0.3, -0.25) is 9.59 Å². The van der Waals surface area contributed by atoms with E-state index >= 15 is 0 Å². The van der Waals surface area contributed by atoms with E-state index in [1.165, 1.54) is 12.1 Å². The SMILES string of the molecule is CC(C)[C@H](NC(=O)OCc1ccccc1)C(=O)N[C@@H](Cc1ccc(O)cc1)C(N)=O. The quantitative estimate of drug-likeness (QED) is 0.498. The molecule has 0 saturated carbocycles. The molecule has 0 bridgehead atoms. The molecule has 160 valence electrons. The standard InChI is InChI=1S/C22H27N3O5/c1-14(2)19(25-22(29)30-13-16-6-4-3-5-7-16)21(28)24-18(20(23)27)12-15-8-10-17(26)11-9-15/h3-11,14,18-19,26H,12-13H2,1-2H3,(H2,23,27)(H,24,28)(H,25,29)/t18-,19-/m0/s1. The fourth-order valence-electron chi connectivity index (χ4n) is 2.78. The highest BCUT2D eigenvalue weighted by Crippen LogP contribution is 2.12. The molecular formula is C22H27N3O5. The highest BCUT2D eigenvalue weighted by molar-refractivity contribution is 5.91. The molecule has 0 heterocycles. The summed E-state index contributed by atoms with van der Waals surface area (Å²) in [6, 6.07) is 13.5. The van der Waals surface area contributed by atoms with Crippen LogP contribution in [0.4, 0.5) is 4.79 Å². The van der Waals surface area contributed by atoms with E-state index in [-0.39, 0.29) is 24.7 Å². The third-order valence-electron chi connectivity index (χ3n) is 4.47. The van der Waals surface area contributed by atoms with Crippen molar-refractivity contribution in [3.63, 3.8) is 0 Å². The molecule has 5 N–H and O–H groups in total. The van der Waals surface area contributed by atoms with E-state index in [0.29, 0.717) is 5.56 Å². The lowest BCUT2D eigenvalue weighted by molar-refractivity contribution is -0.129. The average Bonchev–Trinajstić information content (AvgIpc) is 2.71. The van der Waals surface area contributed by atoms with Gasteiger partial charge in [0.15, 0.2) is 0 Å². The summed E-state index contributed by atoms with van der Waals surface area (Å²) in [5.41, 5.74) is 6.97. The Hall–Kier alpha value is -3.55. The van der Waals surface area contributed by atoms with E-state index in [0.717, 1.165) is 5.56 Å². The highest BCUT2D eigenvalue weighted by atomic mass is 16.5. The number of hydrogen-bond acceptors (Lipinski definition) is 5. The summed E-state index contributed by atoms with van der Waals surface area (Å²) in [7, 11) is 0. The first-order valence-electron chi connectivity index (χ1n) is 9.61. The molecule has 0 spiro atoms. The molecule has 8 nitrogen and oxygen atoms in total. The lowest BCUT2D eigenvalue weighted by Crippen LogP contribution is -2.55. The number of primary amides is 1. The summed E-state index contributed by atoms with van der Waals surface area (Å²) in [4.78, 5) is 36.7. The van der Waals surface area contributed by atoms with Crippen molar-refractivity contribution in [2.24, 2.45) is 11.7 Å². The summed E-state index contributed by atoms with van der Waals surface area (Å²) in [6.07, 6.45) is -0.577. The Morgan fingerprint density at radius 2 is 1.60 bits per heavy atom. The Balaban J connectivity index is 1.97. The van der Waals surface area contributed by atoms with Gasteiger partial charge < -0.3 is 26.2 Å². The van der Waals surface area contributed by atoms with Gasteiger partial charge in [0.25, 0.3) is 0 Å². The lowest BCUT2D eigenvalue weighted by atomic mass is 10.0. The Labute approximate surface area is 175 Å². The van der Waals surface area contributed by atoms with Gasteiger partial charge in [0, 0.05) is 6.42 Å². The van der Waals surface area contributed by atoms with Crippen LogP contribution in [0.1, 0.15) is 25.0 Å². The van der Waals surface area contributed by atoms with Crippen molar-refractivity contribution in [3.8, 4) is 5.75 Å². The monoisotopic (exact) mass is 413 g/mol. The van der Waals surface area contributed by atoms with Crippen molar-refractivity contribution in [2.75, 3.05) is 0 Å². The number of phenolic OH excluding ortho intramolecular Hbond substituents is 1. The molecule has 0 radical (unpaired) electrons. The molecule has 2 atom stereocenters. The second kappa shape index (κ2) is 10.8. The van der Waals surface area contributed by atoms with E-state index in [1.807, 2.05) is 30.3 Å². The minimum atomic E-state index is -0.967. The first-order valence-corrected chi connectivity index (χ1v) is 9.61. The Morgan fingerprint density at radius 3 is 2.17 bits per heavy atom. The molecule has 0 aliphatic heterocycles. The zero-order chi connectivity index (χ0) is 22.1. The van der Waals surface area contributed by atoms with Crippen LogP contribution in [0.15, 0.2) is 54.6 Å². The average molecular weight is 413 g/mol. The third kappa shape index (κ3) is 7.12. The molecule has 2 aromatic carbocycles. The van der Waals surface area contributed by atoms with Crippen LogP contribution in [0.2, 0.25) is 0 Å². The first-order chi connectivity index (χ1) is 14.3. The number of carbonyl (C=O) groups excluding carboxylic acids is 3. The lowest BCUT2D eigenvalue weighted by Gasteiger charge is -2.24. The highest BCUT2D eigenvalue weighted by Gasteiger charge is 2.28. The molecule has 0 saturated heterocycles. The normalized spacial score (nSPS) is 12.6. The molecule has 0 aromatic heterocycles. The van der Waals surface area contributed by atoms with Crippen LogP contribution in [-0.4, -0.2) is 35.1 Å². The molecule has 0 aliphatic carbocycles. The number of hydrogen-bond donors (Lipinski definition) is 4. The van der Waals surface area contributed by atoms with Crippen LogP contribution in [0, 0.1) is 5.92 Å². The van der Waals surface area contributed by atoms with Crippen molar-refractivity contribution in [2.45, 2.75) is 39.0 Å². The maximum atomic E-state index is 12.7. The minimum Gasteiger partial charge on any atom is -0.508 e. The predicted octanol–water partition coefficient (Wildman–Crippen LogP) is 1.86. The predicted molar refractivity (Wildman–Crippen MR) is 111 cm³/mol. The summed E-state index contributed by atoms with van der Waals surface area (Å²) in [5.74, 6) is -1.40. The molecule has 3 amide bonds. The van der Waals surface area contributed by atoms with Crippen LogP contribution in [-0.2, 0) is 27.4 Å². The van der Waals surface area contributed by atoms with Crippen molar-refractivity contribution in [3.05, 3.63) is 65.7 Å². The van der Waals surface area contributed by atoms with Crippen molar-refractivity contribution < 1.29 is 24.2 Å². The Kier molecular flexibility index (Phi) is 8.22. The molecule has 8 heteroatoms. The van der Waals surface area contributed by atoms with Crippen molar-refractivity contribution >= 4 is 17.9 Å². The molecular weight excluding hydrogens is 386 g/mol. The third-order valence-corrected chi connectivity index (χ3v) is 4.47. The maximum absolute atomic E-state index is 12.7. The number of aromatic hydroxyl groups is 1. The van der Waals surface area contributed by atoms with Gasteiger partial charge in [-0.2, -0.15) is 0 Å². The summed E-state index contributed by atoms with van der Waals surface area (Å²) in [6.45, 7) is 3.60. The molecule has 30 heavy (non-hydrogen) atoms. The second-order valence-corrected chi connectivity index (χ2v) is 7.26. The van der Waals surface area contributed by atoms with Crippen LogP contribution in [0.3, 0.4) is 0 Å². The molecule has 0 aliphatic rings. The van der Waals surface area contributed by atoms with Gasteiger partial charge in [-0.1, -0.05) is 56.3 Å². The zero-order valence-corrected chi connectivity index (χ0v) is 17.0. The topological polar surface area (TPSA) is 131 Å². The fourth-order valence-corrected chi connectivity index (χ4v) is 2.78. The molecule has 0 fully saturated rings. The number of benzene rings is 2. The number of alkyl carbamates (subject to hydrolysis) is 1. The zero-order valence-electron chi connectivity index (χ0n) is 17.0. The van der Waals surface area contributed by atoms with Crippen LogP contribution < -0.4 is 16.4 Å². The molecule has 0 unspecified atom stereocenters. The number of carbonyl (C=O) groups is 3. The minimum absolute atomic E-state index is 0.0733. The number of nitrogens with one attached hydrogen (secondary N) is 2. The smallest absolute Gasteiger partial charge is 0.408 e. The summed E-state index contributed by atoms with van der Waals surface area (Å²) in [5, 5.41) is 14.5. The van der Waals surface area contributed by atoms with Gasteiger partial charge in [0.05, 0.1) is 0 Å². The van der Waals surface area contributed by atoms with Crippen LogP contribution >= 0.6 is 0 Å². The summed E-state index contributed by atoms with van der Waals surface area (Å²) >= 11 is 0. The van der Waals surface area contributed by atoms with E-state index < -0.39 is 30.0 Å². The van der Waals surface area contributed by atoms with Crippen molar-refractivity contribution in [1.29, 1.82) is 0 Å². The van der Waals surface area contributed by atoms with Crippen LogP contribution in [0.25, 0.3) is 0 Å². The van der Waals surface area contributed by atoms with Crippen molar-refractivity contribution in [1.82, 2.24) is 10.6 Å². The number of amides is 3. The number of nitrogens with two attached hydrogens (primary N) is 1. The van der Waals surface area contributed by atoms with E-state index in [1.54, 1.807) is 26.0 Å². The number of ether oxygens (including phenoxy) is 1. The number of phenols is 1. The fraction of sp³-hybridized carbons (Fsp3) is 0.318. The Morgan fingerprint density at radius 1 is 0.967 bits per heavy atom.